The number of hydrogen-bond donors (Lipinski definition) is 11. The highest BCUT2D eigenvalue weighted by Crippen LogP contribution is 2.41. The Hall–Kier alpha value is -6.52. The van der Waals surface area contributed by atoms with Crippen molar-refractivity contribution in [3.05, 3.63) is 125 Å². The topological polar surface area (TPSA) is 379 Å². The van der Waals surface area contributed by atoms with Crippen molar-refractivity contribution in [2.45, 2.75) is 359 Å². The van der Waals surface area contributed by atoms with Gasteiger partial charge < -0.3 is 72.1 Å². The molecule has 1 aromatic heterocycles. The maximum absolute atomic E-state index is 13.5. The van der Waals surface area contributed by atoms with E-state index >= 15 is 0 Å². The Bertz CT molecular complexity index is 3980. The average molecular weight is 1990 g/mol. The second-order valence-corrected chi connectivity index (χ2v) is 53.1. The van der Waals surface area contributed by atoms with Crippen molar-refractivity contribution < 1.29 is 71.7 Å². The molecule has 0 saturated heterocycles. The summed E-state index contributed by atoms with van der Waals surface area (Å²) in [6.45, 7) is 58.7. The first-order valence-corrected chi connectivity index (χ1v) is 55.1. The van der Waals surface area contributed by atoms with E-state index in [1.165, 1.54) is 0 Å². The molecule has 8 amide bonds. The fraction of sp³-hybridized carbons (Fsp3) is 0.684. The second-order valence-electron chi connectivity index (χ2n) is 39.5. The van der Waals surface area contributed by atoms with Gasteiger partial charge in [-0.2, -0.15) is 16.9 Å². The summed E-state index contributed by atoms with van der Waals surface area (Å²) in [7, 11) is 6.52. The van der Waals surface area contributed by atoms with Crippen LogP contribution in [0.15, 0.2) is 97.1 Å². The summed E-state index contributed by atoms with van der Waals surface area (Å²) in [6.07, 6.45) is 3.19. The van der Waals surface area contributed by atoms with Gasteiger partial charge in [-0.15, -0.1) is 46.4 Å². The van der Waals surface area contributed by atoms with Crippen LogP contribution in [0, 0.1) is 73.0 Å². The maximum atomic E-state index is 13.5. The van der Waals surface area contributed by atoms with Gasteiger partial charge in [0.2, 0.25) is 51.1 Å². The summed E-state index contributed by atoms with van der Waals surface area (Å²) in [5.74, 6) is -4.97. The summed E-state index contributed by atoms with van der Waals surface area (Å²) < 4.78 is 20.3. The number of aliphatic hydroxyl groups excluding tert-OH is 1. The molecule has 754 valence electrons. The van der Waals surface area contributed by atoms with Crippen molar-refractivity contribution in [1.82, 2.24) is 52.3 Å². The highest BCUT2D eigenvalue weighted by Gasteiger charge is 2.44. The number of halogens is 4. The fourth-order valence-corrected chi connectivity index (χ4v) is 16.1. The number of amides is 8. The molecular weight excluding hydrogens is 1820 g/mol. The molecule has 0 fully saturated rings. The number of nitrogens with zero attached hydrogens (tertiary/aromatic N) is 2. The molecule has 0 unspecified atom stereocenters. The number of benzene rings is 3. The van der Waals surface area contributed by atoms with Gasteiger partial charge in [-0.05, 0) is 179 Å². The molecule has 0 bridgehead atoms. The van der Waals surface area contributed by atoms with Gasteiger partial charge >= 0.3 is 11.9 Å². The third-order valence-corrected chi connectivity index (χ3v) is 32.1. The number of carbonyl (C=O) groups is 10. The van der Waals surface area contributed by atoms with Crippen LogP contribution in [0.4, 0.5) is 9.59 Å². The molecule has 4 radical (unpaired) electrons. The SMILES string of the molecule is C.CC(C)[C@H](N)C(=O)NCc1ccccc1.CC(Cl)Cl.CC(Cl)Cl.CSCC[C@H](CC(=O)OCn1nc(C)cc1C)C(=O)N[C@@H](CC(C)C)[C@@H](O)C[C@@H](C)C(=O)N[C@H](C(=O)NCc1ccccc1)C(C)C.[B]C(=O)N[C@@H](CC(C)C)[C@H](C[C@@H](C)C(=O)N[C@H](C(=O)NCc1ccccc1)C(C)C)O[Si](C)(C)C(C)(C)C.[B]C(=O)N[C@@H](CC(C)C)[C@H](C[C@@H](C)C(=O)O)O[Si](C)(C)C(C)(C)C. The van der Waals surface area contributed by atoms with Crippen LogP contribution in [0.3, 0.4) is 0 Å². The predicted octanol–water partition coefficient (Wildman–Crippen LogP) is 18.6. The van der Waals surface area contributed by atoms with Crippen molar-refractivity contribution >= 4 is 149 Å². The van der Waals surface area contributed by atoms with E-state index in [1.807, 2.05) is 179 Å². The summed E-state index contributed by atoms with van der Waals surface area (Å²) in [4.78, 5) is 124. The number of carboxylic acids is 1. The van der Waals surface area contributed by atoms with Crippen LogP contribution in [0.2, 0.25) is 36.3 Å². The number of rotatable bonds is 47. The molecule has 35 heteroatoms. The minimum Gasteiger partial charge on any atom is -0.481 e. The van der Waals surface area contributed by atoms with E-state index in [4.69, 9.17) is 81.4 Å². The minimum absolute atomic E-state index is 0. The Morgan fingerprint density at radius 3 is 1.13 bits per heavy atom. The van der Waals surface area contributed by atoms with E-state index in [2.05, 4.69) is 143 Å². The molecule has 26 nitrogen and oxygen atoms in total. The monoisotopic (exact) mass is 1990 g/mol. The number of carboxylic acid groups (broad SMARTS) is 1. The molecule has 0 spiro atoms. The van der Waals surface area contributed by atoms with Gasteiger partial charge in [0.25, 0.3) is 0 Å². The molecule has 0 aliphatic heterocycles. The van der Waals surface area contributed by atoms with Gasteiger partial charge in [-0.3, -0.25) is 47.9 Å². The standard InChI is InChI=1S/C35H55N5O6S.C29H50BN3O4Si.C17H34BNO4Si.C12H18N2O.2C2H4Cl2.CH4/c1-22(2)16-29(37-34(44)28(14-15-47-8)19-31(42)46-21-40-26(7)18-25(6)39-40)30(41)17-24(5)33(43)38-32(23(3)4)35(45)36-20-27-12-10-9-11-13-27;1-19(2)16-23(32-28(30)36)24(37-38(9,10)29(6,7)8)17-21(5)26(34)33-25(20(3)4)27(35)31-18-22-14-12-11-13-15-22;1-11(2)9-13(19-16(18)22)14(10-12(3)15(20)21)23-24(7,8)17(4,5)6;1-9(2)11(13)12(15)14-8-10-6-4-3-5-7-10;2*1-2(3)4;/h9-13,18,22-24,28-30,32,41H,14-17,19-21H2,1-8H3,(H,36,45)(H,37,44)(H,38,43);11-15,19-21,23-25H,16-18H2,1-10H3,(H,31,35)(H,32,36)(H,33,34);11-14H,9-10H2,1-8H3,(H,19,22)(H,20,21);3-7,9,11H,8,13H2,1-2H3,(H,14,15);2*2H,1H3;1H4/t24-,28-,29+,30+,32+;21-,23+,24+,25+;12-,13+,14+;11-;;;/m1110.../s1. The molecule has 0 aliphatic carbocycles. The largest absolute Gasteiger partial charge is 0.481 e. The molecule has 3 aromatic carbocycles. The number of aliphatic hydroxyl groups is 1. The maximum Gasteiger partial charge on any atom is 0.308 e. The van der Waals surface area contributed by atoms with Crippen molar-refractivity contribution in [3.63, 3.8) is 0 Å². The quantitative estimate of drug-likeness (QED) is 0.0111. The van der Waals surface area contributed by atoms with Gasteiger partial charge in [-0.1, -0.05) is 244 Å². The number of nitrogens with two attached hydrogens (primary N) is 1. The van der Waals surface area contributed by atoms with E-state index < -0.39 is 100 Å². The first-order chi connectivity index (χ1) is 60.9. The zero-order valence-corrected chi connectivity index (χ0v) is 90.6. The lowest BCUT2D eigenvalue weighted by atomic mass is 9.91. The van der Waals surface area contributed by atoms with Crippen LogP contribution in [0.5, 0.6) is 0 Å². The zero-order chi connectivity index (χ0) is 102. The number of aryl methyl sites for hydroxylation is 2. The fourth-order valence-electron chi connectivity index (χ4n) is 12.8. The first kappa shape index (κ1) is 131. The summed E-state index contributed by atoms with van der Waals surface area (Å²) >= 11 is 21.7. The van der Waals surface area contributed by atoms with Crippen LogP contribution >= 0.6 is 58.2 Å². The highest BCUT2D eigenvalue weighted by atomic mass is 35.5. The summed E-state index contributed by atoms with van der Waals surface area (Å²) in [5, 5.41) is 47.9. The second kappa shape index (κ2) is 66.9. The van der Waals surface area contributed by atoms with E-state index in [-0.39, 0.29) is 124 Å². The van der Waals surface area contributed by atoms with Crippen LogP contribution < -0.4 is 48.3 Å². The number of alkyl halides is 4. The zero-order valence-electron chi connectivity index (χ0n) is 84.8. The molecule has 12 N–H and O–H groups in total. The van der Waals surface area contributed by atoms with Crippen molar-refractivity contribution in [1.29, 1.82) is 0 Å². The number of aromatic nitrogens is 2. The van der Waals surface area contributed by atoms with Gasteiger partial charge in [-0.25, -0.2) is 4.68 Å². The van der Waals surface area contributed by atoms with Gasteiger partial charge in [0.15, 0.2) is 35.0 Å². The van der Waals surface area contributed by atoms with E-state index in [0.717, 1.165) is 28.1 Å². The Morgan fingerprint density at radius 2 is 0.827 bits per heavy atom. The molecule has 4 rings (SSSR count). The van der Waals surface area contributed by atoms with Gasteiger partial charge in [0.1, 0.15) is 21.8 Å². The van der Waals surface area contributed by atoms with Gasteiger partial charge in [0.05, 0.1) is 60.5 Å². The van der Waals surface area contributed by atoms with Crippen LogP contribution in [-0.2, 0) is 78.3 Å². The van der Waals surface area contributed by atoms with Crippen LogP contribution in [-0.4, -0.2) is 188 Å². The molecule has 13 atom stereocenters. The number of aliphatic carboxylic acids is 1. The number of thioether (sulfide) groups is 1. The molecule has 0 saturated carbocycles. The van der Waals surface area contributed by atoms with Crippen LogP contribution in [0.1, 0.15) is 246 Å². The Morgan fingerprint density at radius 1 is 0.489 bits per heavy atom. The molecule has 1 heterocycles. The Labute approximate surface area is 828 Å². The van der Waals surface area contributed by atoms with E-state index in [9.17, 15) is 58.2 Å². The third kappa shape index (κ3) is 58.1. The van der Waals surface area contributed by atoms with Gasteiger partial charge in [0, 0.05) is 43.1 Å². The first-order valence-electron chi connectivity index (χ1n) is 46.1. The van der Waals surface area contributed by atoms with Crippen molar-refractivity contribution in [3.8, 4) is 0 Å². The smallest absolute Gasteiger partial charge is 0.308 e. The molecular formula is C98H169B2Cl4N11O15SSi2. The van der Waals surface area contributed by atoms with Crippen molar-refractivity contribution in [2.24, 2.45) is 64.9 Å². The average Bonchev–Trinajstić information content (AvgIpc) is 1.15. The number of carbonyl (C=O) groups excluding carboxylic acids is 9. The van der Waals surface area contributed by atoms with E-state index in [0.29, 0.717) is 75.7 Å². The lowest BCUT2D eigenvalue weighted by molar-refractivity contribution is -0.151. The molecule has 0 aliphatic rings. The number of esters is 1. The number of nitrogens with one attached hydrogen (secondary N) is 8. The predicted molar refractivity (Wildman–Crippen MR) is 555 cm³/mol. The summed E-state index contributed by atoms with van der Waals surface area (Å²) in [6, 6.07) is 27.8. The Balaban J connectivity index is -0.00000175. The minimum atomic E-state index is -2.23. The van der Waals surface area contributed by atoms with Crippen molar-refractivity contribution in [2.75, 3.05) is 12.0 Å². The Kier molecular flexibility index (Phi) is 65.7. The lowest BCUT2D eigenvalue weighted by Gasteiger charge is -2.42. The van der Waals surface area contributed by atoms with Crippen LogP contribution in [0.25, 0.3) is 0 Å². The third-order valence-electron chi connectivity index (χ3n) is 22.5. The highest BCUT2D eigenvalue weighted by molar-refractivity contribution is 7.98. The molecule has 133 heavy (non-hydrogen) atoms. The summed E-state index contributed by atoms with van der Waals surface area (Å²) in [5.41, 5.74) is 10.4. The molecule has 4 aromatic rings. The van der Waals surface area contributed by atoms with E-state index in [1.54, 1.807) is 44.1 Å². The lowest BCUT2D eigenvalue weighted by Crippen LogP contribution is -2.54. The number of ether oxygens (including phenoxy) is 1. The number of hydrogen-bond acceptors (Lipinski definition) is 17. The normalized spacial score (nSPS) is 14.5.